The van der Waals surface area contributed by atoms with Crippen LogP contribution in [-0.4, -0.2) is 69.9 Å². The molecular weight excluding hydrogens is 572 g/mol. The van der Waals surface area contributed by atoms with Crippen LogP contribution in [0.1, 0.15) is 65.5 Å². The lowest BCUT2D eigenvalue weighted by Gasteiger charge is -2.28. The molecule has 0 spiro atoms. The van der Waals surface area contributed by atoms with Gasteiger partial charge >= 0.3 is 24.3 Å². The molecule has 2 fully saturated rings. The minimum atomic E-state index is -5.08. The molecule has 0 unspecified atom stereocenters. The van der Waals surface area contributed by atoms with E-state index in [-0.39, 0.29) is 11.9 Å². The molecule has 1 aromatic heterocycles. The van der Waals surface area contributed by atoms with Crippen LogP contribution in [-0.2, 0) is 9.59 Å². The number of halogens is 6. The number of amides is 1. The number of nitrogens with one attached hydrogen (secondary N) is 1. The molecule has 230 valence electrons. The number of carboxylic acid groups (broad SMARTS) is 2. The summed E-state index contributed by atoms with van der Waals surface area (Å²) in [6.07, 6.45) is 0.203. The van der Waals surface area contributed by atoms with Crippen LogP contribution in [0.15, 0.2) is 48.8 Å². The third-order valence-electron chi connectivity index (χ3n) is 7.55. The highest BCUT2D eigenvalue weighted by atomic mass is 19.4. The number of hydrogen-bond acceptors (Lipinski definition) is 5. The zero-order valence-corrected chi connectivity index (χ0v) is 22.4. The second kappa shape index (κ2) is 14.0. The van der Waals surface area contributed by atoms with Crippen molar-refractivity contribution in [1.82, 2.24) is 15.2 Å². The van der Waals surface area contributed by atoms with E-state index in [0.29, 0.717) is 17.4 Å². The highest BCUT2D eigenvalue weighted by molar-refractivity contribution is 5.94. The average Bonchev–Trinajstić information content (AvgIpc) is 3.47. The first-order valence-corrected chi connectivity index (χ1v) is 13.3. The molecule has 2 aromatic rings. The molecule has 3 N–H and O–H groups in total. The fraction of sp³-hybridized carbons (Fsp3) is 0.500. The van der Waals surface area contributed by atoms with Gasteiger partial charge in [0.05, 0.1) is 6.04 Å². The molecule has 3 atom stereocenters. The Morgan fingerprint density at radius 1 is 0.833 bits per heavy atom. The van der Waals surface area contributed by atoms with Gasteiger partial charge in [-0.3, -0.25) is 9.78 Å². The van der Waals surface area contributed by atoms with Crippen molar-refractivity contribution >= 4 is 17.8 Å². The van der Waals surface area contributed by atoms with E-state index in [1.807, 2.05) is 0 Å². The van der Waals surface area contributed by atoms with Crippen LogP contribution < -0.4 is 5.32 Å². The van der Waals surface area contributed by atoms with Crippen molar-refractivity contribution < 1.29 is 50.9 Å². The van der Waals surface area contributed by atoms with Crippen LogP contribution in [0.5, 0.6) is 0 Å². The van der Waals surface area contributed by atoms with E-state index < -0.39 is 24.3 Å². The topological polar surface area (TPSA) is 120 Å². The number of hydrogen-bond donors (Lipinski definition) is 3. The number of aromatic nitrogens is 1. The lowest BCUT2D eigenvalue weighted by atomic mass is 9.89. The Morgan fingerprint density at radius 3 is 1.88 bits per heavy atom. The Morgan fingerprint density at radius 2 is 1.36 bits per heavy atom. The Kier molecular flexibility index (Phi) is 10.9. The maximum absolute atomic E-state index is 12.8. The van der Waals surface area contributed by atoms with Crippen LogP contribution in [0.25, 0.3) is 0 Å². The number of fused-ring (bicyclic) bond motifs is 3. The summed E-state index contributed by atoms with van der Waals surface area (Å²) in [4.78, 5) is 37.3. The van der Waals surface area contributed by atoms with Crippen molar-refractivity contribution in [2.45, 2.75) is 56.4 Å². The zero-order chi connectivity index (χ0) is 31.1. The summed E-state index contributed by atoms with van der Waals surface area (Å²) in [7, 11) is 0. The molecule has 0 radical (unpaired) electrons. The van der Waals surface area contributed by atoms with Crippen molar-refractivity contribution in [2.24, 2.45) is 11.8 Å². The number of alkyl halides is 6. The summed E-state index contributed by atoms with van der Waals surface area (Å²) in [6.45, 7) is 3.47. The van der Waals surface area contributed by atoms with Gasteiger partial charge in [0, 0.05) is 49.4 Å². The normalized spacial score (nSPS) is 22.0. The van der Waals surface area contributed by atoms with Gasteiger partial charge < -0.3 is 20.4 Å². The number of carboxylic acids is 2. The summed E-state index contributed by atoms with van der Waals surface area (Å²) >= 11 is 0. The van der Waals surface area contributed by atoms with Gasteiger partial charge in [-0.2, -0.15) is 26.3 Å². The van der Waals surface area contributed by atoms with Gasteiger partial charge in [-0.05, 0) is 42.0 Å². The Hall–Kier alpha value is -3.68. The molecule has 3 aliphatic rings. The predicted octanol–water partition coefficient (Wildman–Crippen LogP) is 5.43. The molecule has 8 nitrogen and oxygen atoms in total. The highest BCUT2D eigenvalue weighted by Crippen LogP contribution is 2.49. The van der Waals surface area contributed by atoms with Gasteiger partial charge in [-0.1, -0.05) is 43.5 Å². The van der Waals surface area contributed by atoms with Crippen LogP contribution in [0, 0.1) is 11.8 Å². The third kappa shape index (κ3) is 8.91. The van der Waals surface area contributed by atoms with E-state index in [0.717, 1.165) is 19.0 Å². The van der Waals surface area contributed by atoms with E-state index in [9.17, 15) is 31.1 Å². The molecule has 0 bridgehead atoms. The second-order valence-corrected chi connectivity index (χ2v) is 10.4. The number of nitrogens with zero attached hydrogens (tertiary/aromatic N) is 2. The van der Waals surface area contributed by atoms with Gasteiger partial charge in [0.1, 0.15) is 0 Å². The largest absolute Gasteiger partial charge is 0.490 e. The second-order valence-electron chi connectivity index (χ2n) is 10.4. The molecule has 1 saturated carbocycles. The number of rotatable bonds is 4. The Bertz CT molecular complexity index is 1190. The molecule has 1 aliphatic heterocycles. The fourth-order valence-electron chi connectivity index (χ4n) is 5.74. The first-order chi connectivity index (χ1) is 19.7. The number of pyridine rings is 1. The summed E-state index contributed by atoms with van der Waals surface area (Å²) in [6, 6.07) is 12.4. The Labute approximate surface area is 237 Å². The molecule has 1 saturated heterocycles. The highest BCUT2D eigenvalue weighted by Gasteiger charge is 2.47. The zero-order valence-electron chi connectivity index (χ0n) is 22.4. The van der Waals surface area contributed by atoms with Crippen LogP contribution in [0.3, 0.4) is 0 Å². The van der Waals surface area contributed by atoms with Crippen molar-refractivity contribution in [1.29, 1.82) is 0 Å². The maximum atomic E-state index is 12.8. The number of carbonyl (C=O) groups is 3. The van der Waals surface area contributed by atoms with Gasteiger partial charge in [0.25, 0.3) is 5.91 Å². The minimum Gasteiger partial charge on any atom is -0.475 e. The van der Waals surface area contributed by atoms with Crippen molar-refractivity contribution in [3.8, 4) is 0 Å². The summed E-state index contributed by atoms with van der Waals surface area (Å²) in [5.74, 6) is -3.62. The first-order valence-electron chi connectivity index (χ1n) is 13.3. The third-order valence-corrected chi connectivity index (χ3v) is 7.55. The predicted molar refractivity (Wildman–Crippen MR) is 138 cm³/mol. The summed E-state index contributed by atoms with van der Waals surface area (Å²) in [5.41, 5.74) is 3.45. The molecule has 2 aliphatic carbocycles. The number of benzene rings is 1. The Balaban J connectivity index is 0.000000289. The van der Waals surface area contributed by atoms with Crippen LogP contribution >= 0.6 is 0 Å². The number of carbonyl (C=O) groups excluding carboxylic acids is 1. The van der Waals surface area contributed by atoms with Crippen molar-refractivity contribution in [2.75, 3.05) is 19.6 Å². The molecule has 2 heterocycles. The van der Waals surface area contributed by atoms with Crippen LogP contribution in [0.4, 0.5) is 26.3 Å². The van der Waals surface area contributed by atoms with E-state index in [4.69, 9.17) is 19.8 Å². The molecule has 1 amide bonds. The molecular formula is C28H31F6N3O5. The molecule has 1 aromatic carbocycles. The lowest BCUT2D eigenvalue weighted by molar-refractivity contribution is -0.193. The van der Waals surface area contributed by atoms with E-state index in [2.05, 4.69) is 39.5 Å². The lowest BCUT2D eigenvalue weighted by Crippen LogP contribution is -2.35. The number of aliphatic carboxylic acids is 2. The van der Waals surface area contributed by atoms with E-state index in [1.54, 1.807) is 24.5 Å². The standard InChI is InChI=1S/C24H29N3O.2C2HF3O2/c28-24(18-10-12-25-13-11-18)26-23-20-9-5-4-8-19(20)21-15-27(16-22(21)23)14-17-6-2-1-3-7-17;2*3-2(4,5)1(6)7/h4-5,8-13,17,21-23H,1-3,6-7,14-16H2,(H,26,28);2*(H,6,7)/t21-,22-,23+;;/m0../s1. The smallest absolute Gasteiger partial charge is 0.475 e. The first kappa shape index (κ1) is 32.8. The molecule has 42 heavy (non-hydrogen) atoms. The maximum Gasteiger partial charge on any atom is 0.490 e. The number of likely N-dealkylation sites (tertiary alicyclic amines) is 1. The van der Waals surface area contributed by atoms with Gasteiger partial charge in [-0.15, -0.1) is 0 Å². The van der Waals surface area contributed by atoms with E-state index >= 15 is 0 Å². The monoisotopic (exact) mass is 603 g/mol. The summed E-state index contributed by atoms with van der Waals surface area (Å²) < 4.78 is 63.5. The molecule has 14 heteroatoms. The quantitative estimate of drug-likeness (QED) is 0.399. The SMILES string of the molecule is O=C(N[C@@H]1c2ccccc2[C@@H]2CN(CC3CCCCC3)C[C@H]12)c1ccncc1.O=C(O)C(F)(F)F.O=C(O)C(F)(F)F. The average molecular weight is 604 g/mol. The van der Waals surface area contributed by atoms with Gasteiger partial charge in [0.15, 0.2) is 0 Å². The summed E-state index contributed by atoms with van der Waals surface area (Å²) in [5, 5.41) is 17.6. The van der Waals surface area contributed by atoms with E-state index in [1.165, 1.54) is 49.8 Å². The van der Waals surface area contributed by atoms with Crippen LogP contribution in [0.2, 0.25) is 0 Å². The van der Waals surface area contributed by atoms with Gasteiger partial charge in [0.2, 0.25) is 0 Å². The molecule has 5 rings (SSSR count). The van der Waals surface area contributed by atoms with Gasteiger partial charge in [-0.25, -0.2) is 9.59 Å². The fourth-order valence-corrected chi connectivity index (χ4v) is 5.74. The van der Waals surface area contributed by atoms with Crippen molar-refractivity contribution in [3.05, 3.63) is 65.5 Å². The van der Waals surface area contributed by atoms with Crippen molar-refractivity contribution in [3.63, 3.8) is 0 Å². The minimum absolute atomic E-state index is 0.00795.